The standard InChI is InChI=1S/C14H18N4OS2/c1-3-9(2)10-4-6-11(7-5-10)16-12(19)8-20-14-18-17-13(15)21-14/h4-7,9H,3,8H2,1-2H3,(H2,15,17)(H,16,19)/t9-/m1/s1. The lowest BCUT2D eigenvalue weighted by Gasteiger charge is -2.10. The first kappa shape index (κ1) is 15.8. The van der Waals surface area contributed by atoms with Gasteiger partial charge in [0.25, 0.3) is 0 Å². The van der Waals surface area contributed by atoms with Gasteiger partial charge in [0.15, 0.2) is 4.34 Å². The monoisotopic (exact) mass is 322 g/mol. The Kier molecular flexibility index (Phi) is 5.58. The first-order valence-electron chi connectivity index (χ1n) is 6.70. The summed E-state index contributed by atoms with van der Waals surface area (Å²) in [5, 5.41) is 10.9. The van der Waals surface area contributed by atoms with Gasteiger partial charge in [-0.15, -0.1) is 10.2 Å². The average Bonchev–Trinajstić information content (AvgIpc) is 2.91. The van der Waals surface area contributed by atoms with Crippen molar-refractivity contribution in [1.82, 2.24) is 10.2 Å². The van der Waals surface area contributed by atoms with Crippen molar-refractivity contribution in [1.29, 1.82) is 0 Å². The maximum atomic E-state index is 11.9. The Morgan fingerprint density at radius 3 is 2.67 bits per heavy atom. The van der Waals surface area contributed by atoms with Gasteiger partial charge in [-0.25, -0.2) is 0 Å². The van der Waals surface area contributed by atoms with Crippen LogP contribution in [0.3, 0.4) is 0 Å². The van der Waals surface area contributed by atoms with Gasteiger partial charge in [0.05, 0.1) is 5.75 Å². The van der Waals surface area contributed by atoms with Crippen LogP contribution in [0.25, 0.3) is 0 Å². The number of nitrogens with zero attached hydrogens (tertiary/aromatic N) is 2. The highest BCUT2D eigenvalue weighted by atomic mass is 32.2. The fourth-order valence-electron chi connectivity index (χ4n) is 1.73. The van der Waals surface area contributed by atoms with Crippen molar-refractivity contribution in [3.63, 3.8) is 0 Å². The van der Waals surface area contributed by atoms with Crippen LogP contribution < -0.4 is 11.1 Å². The molecule has 5 nitrogen and oxygen atoms in total. The highest BCUT2D eigenvalue weighted by Crippen LogP contribution is 2.24. The molecule has 0 bridgehead atoms. The topological polar surface area (TPSA) is 80.9 Å². The summed E-state index contributed by atoms with van der Waals surface area (Å²) in [7, 11) is 0. The molecule has 0 spiro atoms. The molecule has 1 amide bonds. The quantitative estimate of drug-likeness (QED) is 0.797. The van der Waals surface area contributed by atoms with E-state index in [0.717, 1.165) is 12.1 Å². The van der Waals surface area contributed by atoms with Crippen molar-refractivity contribution in [3.8, 4) is 0 Å². The van der Waals surface area contributed by atoms with Gasteiger partial charge in [-0.3, -0.25) is 4.79 Å². The Balaban J connectivity index is 1.84. The number of hydrogen-bond donors (Lipinski definition) is 2. The molecule has 0 saturated carbocycles. The van der Waals surface area contributed by atoms with Crippen molar-refractivity contribution in [2.75, 3.05) is 16.8 Å². The van der Waals surface area contributed by atoms with E-state index in [0.29, 0.717) is 21.1 Å². The maximum absolute atomic E-state index is 11.9. The van der Waals surface area contributed by atoms with Gasteiger partial charge in [-0.1, -0.05) is 49.1 Å². The van der Waals surface area contributed by atoms with Gasteiger partial charge in [0.1, 0.15) is 0 Å². The first-order valence-corrected chi connectivity index (χ1v) is 8.50. The number of aromatic nitrogens is 2. The molecule has 3 N–H and O–H groups in total. The van der Waals surface area contributed by atoms with E-state index in [2.05, 4.69) is 41.5 Å². The number of anilines is 2. The zero-order valence-electron chi connectivity index (χ0n) is 12.0. The number of rotatable bonds is 6. The van der Waals surface area contributed by atoms with Crippen LogP contribution in [-0.2, 0) is 4.79 Å². The second-order valence-corrected chi connectivity index (χ2v) is 6.91. The molecule has 0 aliphatic carbocycles. The molecule has 0 radical (unpaired) electrons. The fraction of sp³-hybridized carbons (Fsp3) is 0.357. The molecule has 0 saturated heterocycles. The summed E-state index contributed by atoms with van der Waals surface area (Å²) in [5.74, 6) is 0.764. The van der Waals surface area contributed by atoms with Crippen molar-refractivity contribution in [2.45, 2.75) is 30.5 Å². The molecular formula is C14H18N4OS2. The molecule has 0 unspecified atom stereocenters. The minimum absolute atomic E-state index is 0.0648. The van der Waals surface area contributed by atoms with Gasteiger partial charge in [0.2, 0.25) is 11.0 Å². The van der Waals surface area contributed by atoms with E-state index in [1.54, 1.807) is 0 Å². The second kappa shape index (κ2) is 7.42. The molecule has 2 rings (SSSR count). The van der Waals surface area contributed by atoms with Crippen molar-refractivity contribution in [3.05, 3.63) is 29.8 Å². The van der Waals surface area contributed by atoms with E-state index < -0.39 is 0 Å². The molecule has 0 aliphatic heterocycles. The maximum Gasteiger partial charge on any atom is 0.234 e. The van der Waals surface area contributed by atoms with Crippen molar-refractivity contribution >= 4 is 39.8 Å². The minimum Gasteiger partial charge on any atom is -0.374 e. The lowest BCUT2D eigenvalue weighted by Crippen LogP contribution is -2.13. The first-order chi connectivity index (χ1) is 10.1. The molecule has 1 aromatic carbocycles. The Morgan fingerprint density at radius 1 is 1.38 bits per heavy atom. The average molecular weight is 322 g/mol. The summed E-state index contributed by atoms with van der Waals surface area (Å²) < 4.78 is 0.703. The van der Waals surface area contributed by atoms with Crippen LogP contribution in [0.1, 0.15) is 31.7 Å². The number of nitrogen functional groups attached to an aromatic ring is 1. The summed E-state index contributed by atoms with van der Waals surface area (Å²) >= 11 is 2.62. The molecule has 1 aromatic heterocycles. The van der Waals surface area contributed by atoms with Gasteiger partial charge in [-0.2, -0.15) is 0 Å². The molecular weight excluding hydrogens is 304 g/mol. The molecule has 21 heavy (non-hydrogen) atoms. The predicted molar refractivity (Wildman–Crippen MR) is 88.8 cm³/mol. The molecule has 0 aliphatic rings. The number of nitrogens with two attached hydrogens (primary N) is 1. The van der Waals surface area contributed by atoms with Crippen LogP contribution in [0.2, 0.25) is 0 Å². The Hall–Kier alpha value is -1.60. The van der Waals surface area contributed by atoms with Crippen molar-refractivity contribution < 1.29 is 4.79 Å². The smallest absolute Gasteiger partial charge is 0.234 e. The van der Waals surface area contributed by atoms with Crippen LogP contribution in [-0.4, -0.2) is 21.9 Å². The summed E-state index contributed by atoms with van der Waals surface area (Å²) in [6, 6.07) is 7.99. The van der Waals surface area contributed by atoms with Gasteiger partial charge < -0.3 is 11.1 Å². The number of benzene rings is 1. The third kappa shape index (κ3) is 4.71. The number of hydrogen-bond acceptors (Lipinski definition) is 6. The molecule has 1 atom stereocenters. The number of thioether (sulfide) groups is 1. The Labute approximate surface area is 132 Å². The van der Waals surface area contributed by atoms with E-state index >= 15 is 0 Å². The number of nitrogens with one attached hydrogen (secondary N) is 1. The third-order valence-corrected chi connectivity index (χ3v) is 5.01. The van der Waals surface area contributed by atoms with E-state index in [1.165, 1.54) is 28.7 Å². The second-order valence-electron chi connectivity index (χ2n) is 4.67. The highest BCUT2D eigenvalue weighted by molar-refractivity contribution is 8.01. The number of carbonyl (C=O) groups excluding carboxylic acids is 1. The lowest BCUT2D eigenvalue weighted by molar-refractivity contribution is -0.113. The summed E-state index contributed by atoms with van der Waals surface area (Å²) in [4.78, 5) is 11.9. The van der Waals surface area contributed by atoms with E-state index in [-0.39, 0.29) is 5.91 Å². The predicted octanol–water partition coefficient (Wildman–Crippen LogP) is 3.36. The van der Waals surface area contributed by atoms with Gasteiger partial charge in [0, 0.05) is 5.69 Å². The SMILES string of the molecule is CC[C@@H](C)c1ccc(NC(=O)CSc2nnc(N)s2)cc1. The Morgan fingerprint density at radius 2 is 2.10 bits per heavy atom. The van der Waals surface area contributed by atoms with E-state index in [1.807, 2.05) is 12.1 Å². The number of amides is 1. The molecule has 0 fully saturated rings. The molecule has 2 aromatic rings. The summed E-state index contributed by atoms with van der Waals surface area (Å²) in [6.45, 7) is 4.36. The normalized spacial score (nSPS) is 12.1. The molecule has 7 heteroatoms. The van der Waals surface area contributed by atoms with E-state index in [9.17, 15) is 4.79 Å². The zero-order chi connectivity index (χ0) is 15.2. The van der Waals surface area contributed by atoms with Crippen LogP contribution in [0.5, 0.6) is 0 Å². The third-order valence-electron chi connectivity index (χ3n) is 3.12. The van der Waals surface area contributed by atoms with Crippen LogP contribution in [0.15, 0.2) is 28.6 Å². The highest BCUT2D eigenvalue weighted by Gasteiger charge is 2.08. The lowest BCUT2D eigenvalue weighted by atomic mass is 9.99. The summed E-state index contributed by atoms with van der Waals surface area (Å²) in [5.41, 5.74) is 7.59. The largest absolute Gasteiger partial charge is 0.374 e. The van der Waals surface area contributed by atoms with Crippen LogP contribution >= 0.6 is 23.1 Å². The number of carbonyl (C=O) groups is 1. The zero-order valence-corrected chi connectivity index (χ0v) is 13.6. The molecule has 112 valence electrons. The minimum atomic E-state index is -0.0648. The van der Waals surface area contributed by atoms with Crippen molar-refractivity contribution in [2.24, 2.45) is 0 Å². The van der Waals surface area contributed by atoms with Crippen LogP contribution in [0, 0.1) is 0 Å². The fourth-order valence-corrected chi connectivity index (χ4v) is 3.17. The Bertz CT molecular complexity index is 597. The van der Waals surface area contributed by atoms with Gasteiger partial charge >= 0.3 is 0 Å². The van der Waals surface area contributed by atoms with Gasteiger partial charge in [-0.05, 0) is 30.0 Å². The summed E-state index contributed by atoms with van der Waals surface area (Å²) in [6.07, 6.45) is 1.10. The van der Waals surface area contributed by atoms with Crippen LogP contribution in [0.4, 0.5) is 10.8 Å². The van der Waals surface area contributed by atoms with E-state index in [4.69, 9.17) is 5.73 Å². The molecule has 1 heterocycles.